The van der Waals surface area contributed by atoms with Gasteiger partial charge in [-0.3, -0.25) is 4.90 Å². The predicted molar refractivity (Wildman–Crippen MR) is 121 cm³/mol. The van der Waals surface area contributed by atoms with Crippen molar-refractivity contribution < 1.29 is 27.8 Å². The van der Waals surface area contributed by atoms with E-state index in [0.29, 0.717) is 5.65 Å². The largest absolute Gasteiger partial charge is 0.490 e. The van der Waals surface area contributed by atoms with Crippen molar-refractivity contribution >= 4 is 23.3 Å². The fraction of sp³-hybridized carbons (Fsp3) is 0.417. The molecule has 1 N–H and O–H groups in total. The average molecular weight is 496 g/mol. The molecule has 0 aliphatic heterocycles. The Balaban J connectivity index is 1.59. The molecular weight excluding hydrogens is 471 g/mol. The van der Waals surface area contributed by atoms with Gasteiger partial charge in [0.15, 0.2) is 0 Å². The van der Waals surface area contributed by atoms with Gasteiger partial charge < -0.3 is 14.2 Å². The topological polar surface area (TPSA) is 67.1 Å². The first-order valence-corrected chi connectivity index (χ1v) is 11.2. The van der Waals surface area contributed by atoms with E-state index in [2.05, 4.69) is 4.98 Å². The van der Waals surface area contributed by atoms with Gasteiger partial charge in [-0.25, -0.2) is 9.78 Å². The van der Waals surface area contributed by atoms with Crippen LogP contribution in [0.3, 0.4) is 0 Å². The Hall–Kier alpha value is -2.94. The lowest BCUT2D eigenvalue weighted by molar-refractivity contribution is -0.139. The molecule has 0 saturated heterocycles. The minimum atomic E-state index is -4.61. The van der Waals surface area contributed by atoms with E-state index in [9.17, 15) is 23.1 Å². The first kappa shape index (κ1) is 24.2. The molecule has 2 aromatic heterocycles. The van der Waals surface area contributed by atoms with Gasteiger partial charge in [0.05, 0.1) is 11.6 Å². The van der Waals surface area contributed by atoms with Gasteiger partial charge in [-0.15, -0.1) is 0 Å². The van der Waals surface area contributed by atoms with Crippen LogP contribution in [0.2, 0.25) is 5.02 Å². The van der Waals surface area contributed by atoms with Gasteiger partial charge in [-0.05, 0) is 29.7 Å². The number of hydrogen-bond donors (Lipinski definition) is 1. The number of hydrogen-bond acceptors (Lipinski definition) is 3. The maximum absolute atomic E-state index is 13.4. The number of benzene rings is 1. The molecule has 182 valence electrons. The number of alkyl halides is 3. The van der Waals surface area contributed by atoms with Crippen LogP contribution >= 0.6 is 11.6 Å². The third kappa shape index (κ3) is 4.66. The lowest BCUT2D eigenvalue weighted by Crippen LogP contribution is -2.54. The van der Waals surface area contributed by atoms with Crippen LogP contribution in [0.1, 0.15) is 50.8 Å². The maximum Gasteiger partial charge on any atom is 0.420 e. The second kappa shape index (κ2) is 8.69. The highest BCUT2D eigenvalue weighted by molar-refractivity contribution is 6.30. The maximum atomic E-state index is 13.4. The Morgan fingerprint density at radius 3 is 2.56 bits per heavy atom. The highest BCUT2D eigenvalue weighted by Crippen LogP contribution is 2.45. The molecule has 34 heavy (non-hydrogen) atoms. The van der Waals surface area contributed by atoms with Crippen LogP contribution in [-0.2, 0) is 6.18 Å². The molecule has 1 amide bonds. The van der Waals surface area contributed by atoms with Crippen LogP contribution in [0.25, 0.3) is 5.65 Å². The predicted octanol–water partition coefficient (Wildman–Crippen LogP) is 6.68. The monoisotopic (exact) mass is 495 g/mol. The van der Waals surface area contributed by atoms with Crippen molar-refractivity contribution in [1.82, 2.24) is 14.3 Å². The average Bonchev–Trinajstić information content (AvgIpc) is 3.17. The summed E-state index contributed by atoms with van der Waals surface area (Å²) in [4.78, 5) is 18.3. The standard InChI is InChI=1S/C24H25ClF3N3O3/c1-23(2,3)20(17-5-4-9-30-10-8-29-21(17)30)31(22(32)33)15-12-16(13-15)34-19-7-6-14(25)11-18(19)24(26,27)28/h4-11,15-16,20H,12-13H2,1-3H3,(H,32,33)/t15-,16-,20?. The Labute approximate surface area is 199 Å². The van der Waals surface area contributed by atoms with Crippen molar-refractivity contribution in [2.45, 2.75) is 58.0 Å². The van der Waals surface area contributed by atoms with E-state index in [4.69, 9.17) is 16.3 Å². The second-order valence-electron chi connectivity index (χ2n) is 9.58. The van der Waals surface area contributed by atoms with E-state index >= 15 is 0 Å². The van der Waals surface area contributed by atoms with Crippen molar-refractivity contribution in [2.24, 2.45) is 5.41 Å². The normalized spacial score (nSPS) is 19.5. The number of fused-ring (bicyclic) bond motifs is 1. The number of aromatic nitrogens is 2. The second-order valence-corrected chi connectivity index (χ2v) is 10.0. The summed E-state index contributed by atoms with van der Waals surface area (Å²) < 4.78 is 47.7. The summed E-state index contributed by atoms with van der Waals surface area (Å²) in [6.45, 7) is 5.86. The van der Waals surface area contributed by atoms with E-state index in [1.807, 2.05) is 43.5 Å². The van der Waals surface area contributed by atoms with Crippen LogP contribution in [-0.4, -0.2) is 37.6 Å². The molecular formula is C24H25ClF3N3O3. The minimum absolute atomic E-state index is 0.0376. The molecule has 1 saturated carbocycles. The van der Waals surface area contributed by atoms with Gasteiger partial charge in [0.2, 0.25) is 0 Å². The summed E-state index contributed by atoms with van der Waals surface area (Å²) in [5, 5.41) is 10.1. The number of ether oxygens (including phenoxy) is 1. The smallest absolute Gasteiger partial charge is 0.420 e. The van der Waals surface area contributed by atoms with Gasteiger partial charge in [0.1, 0.15) is 17.5 Å². The van der Waals surface area contributed by atoms with Crippen LogP contribution in [0, 0.1) is 5.41 Å². The molecule has 4 rings (SSSR count). The van der Waals surface area contributed by atoms with Crippen molar-refractivity contribution in [3.8, 4) is 5.75 Å². The van der Waals surface area contributed by atoms with Crippen molar-refractivity contribution in [3.63, 3.8) is 0 Å². The van der Waals surface area contributed by atoms with Crippen molar-refractivity contribution in [1.29, 1.82) is 0 Å². The van der Waals surface area contributed by atoms with Gasteiger partial charge in [-0.2, -0.15) is 13.2 Å². The first-order valence-electron chi connectivity index (χ1n) is 10.8. The molecule has 1 atom stereocenters. The van der Waals surface area contributed by atoms with Crippen molar-refractivity contribution in [2.75, 3.05) is 0 Å². The Morgan fingerprint density at radius 1 is 1.24 bits per heavy atom. The number of imidazole rings is 1. The van der Waals surface area contributed by atoms with Crippen LogP contribution in [0.5, 0.6) is 5.75 Å². The van der Waals surface area contributed by atoms with E-state index in [1.54, 1.807) is 12.4 Å². The fourth-order valence-corrected chi connectivity index (χ4v) is 4.73. The molecule has 1 aliphatic carbocycles. The van der Waals surface area contributed by atoms with Crippen LogP contribution in [0.4, 0.5) is 18.0 Å². The number of nitrogens with zero attached hydrogens (tertiary/aromatic N) is 3. The summed E-state index contributed by atoms with van der Waals surface area (Å²) in [6.07, 6.45) is -0.420. The number of carboxylic acid groups (broad SMARTS) is 1. The molecule has 0 spiro atoms. The minimum Gasteiger partial charge on any atom is -0.490 e. The lowest BCUT2D eigenvalue weighted by Gasteiger charge is -2.48. The SMILES string of the molecule is CC(C)(C)C(c1cccn2ccnc12)N(C(=O)O)[C@H]1C[C@H](Oc2ccc(Cl)cc2C(F)(F)F)C1. The molecule has 1 aliphatic rings. The number of carbonyl (C=O) groups is 1. The molecule has 2 heterocycles. The summed E-state index contributed by atoms with van der Waals surface area (Å²) in [7, 11) is 0. The Bertz CT molecular complexity index is 1200. The molecule has 3 aromatic rings. The molecule has 1 unspecified atom stereocenters. The zero-order chi connectivity index (χ0) is 24.8. The molecule has 0 bridgehead atoms. The van der Waals surface area contributed by atoms with E-state index in [-0.39, 0.29) is 23.6 Å². The van der Waals surface area contributed by atoms with E-state index in [1.165, 1.54) is 17.0 Å². The highest BCUT2D eigenvalue weighted by atomic mass is 35.5. The van der Waals surface area contributed by atoms with Gasteiger partial charge in [0, 0.05) is 48.1 Å². The summed E-state index contributed by atoms with van der Waals surface area (Å²) in [5.41, 5.74) is 0.00954. The number of halogens is 4. The third-order valence-corrected chi connectivity index (χ3v) is 6.30. The number of rotatable bonds is 5. The molecule has 6 nitrogen and oxygen atoms in total. The van der Waals surface area contributed by atoms with Crippen LogP contribution in [0.15, 0.2) is 48.9 Å². The Kier molecular flexibility index (Phi) is 6.18. The Morgan fingerprint density at radius 2 is 1.94 bits per heavy atom. The molecule has 1 fully saturated rings. The molecule has 0 radical (unpaired) electrons. The van der Waals surface area contributed by atoms with Crippen LogP contribution < -0.4 is 4.74 Å². The number of amides is 1. The highest BCUT2D eigenvalue weighted by Gasteiger charge is 2.46. The third-order valence-electron chi connectivity index (χ3n) is 6.07. The lowest BCUT2D eigenvalue weighted by atomic mass is 9.78. The van der Waals surface area contributed by atoms with E-state index < -0.39 is 41.4 Å². The fourth-order valence-electron chi connectivity index (χ4n) is 4.56. The zero-order valence-electron chi connectivity index (χ0n) is 18.9. The summed E-state index contributed by atoms with van der Waals surface area (Å²) in [6, 6.07) is 6.14. The molecule has 10 heteroatoms. The summed E-state index contributed by atoms with van der Waals surface area (Å²) in [5.74, 6) is -0.309. The summed E-state index contributed by atoms with van der Waals surface area (Å²) >= 11 is 5.74. The van der Waals surface area contributed by atoms with Gasteiger partial charge >= 0.3 is 12.3 Å². The first-order chi connectivity index (χ1) is 15.9. The quantitative estimate of drug-likeness (QED) is 0.428. The number of pyridine rings is 1. The zero-order valence-corrected chi connectivity index (χ0v) is 19.6. The van der Waals surface area contributed by atoms with Crippen molar-refractivity contribution in [3.05, 3.63) is 65.1 Å². The van der Waals surface area contributed by atoms with Gasteiger partial charge in [-0.1, -0.05) is 38.4 Å². The van der Waals surface area contributed by atoms with E-state index in [0.717, 1.165) is 11.6 Å². The molecule has 1 aromatic carbocycles. The van der Waals surface area contributed by atoms with Gasteiger partial charge in [0.25, 0.3) is 0 Å².